The molecule has 0 bridgehead atoms. The summed E-state index contributed by atoms with van der Waals surface area (Å²) in [6.45, 7) is 6.42. The van der Waals surface area contributed by atoms with E-state index in [0.29, 0.717) is 25.5 Å². The normalized spacial score (nSPS) is 10.0. The molecule has 0 atom stereocenters. The number of amides is 1. The first kappa shape index (κ1) is 13.4. The minimum absolute atomic E-state index is 0.176. The number of ether oxygens (including phenoxy) is 1. The molecule has 94 valence electrons. The Morgan fingerprint density at radius 1 is 1.47 bits per heavy atom. The molecule has 1 heterocycles. The van der Waals surface area contributed by atoms with E-state index in [1.807, 2.05) is 19.9 Å². The fraction of sp³-hybridized carbons (Fsp3) is 0.500. The number of hydrogen-bond donors (Lipinski definition) is 2. The second-order valence-electron chi connectivity index (χ2n) is 3.41. The van der Waals surface area contributed by atoms with Gasteiger partial charge in [-0.15, -0.1) is 0 Å². The minimum atomic E-state index is -0.176. The molecule has 1 aromatic heterocycles. The molecule has 1 aromatic rings. The van der Waals surface area contributed by atoms with Crippen molar-refractivity contribution in [2.24, 2.45) is 0 Å². The van der Waals surface area contributed by atoms with Crippen LogP contribution in [-0.4, -0.2) is 37.2 Å². The highest BCUT2D eigenvalue weighted by molar-refractivity contribution is 5.93. The van der Waals surface area contributed by atoms with Crippen molar-refractivity contribution < 1.29 is 9.53 Å². The second-order valence-corrected chi connectivity index (χ2v) is 3.41. The van der Waals surface area contributed by atoms with E-state index < -0.39 is 0 Å². The molecule has 0 aliphatic heterocycles. The van der Waals surface area contributed by atoms with Gasteiger partial charge in [-0.2, -0.15) is 0 Å². The highest BCUT2D eigenvalue weighted by atomic mass is 16.5. The zero-order valence-electron chi connectivity index (χ0n) is 10.3. The topological polar surface area (TPSA) is 63.2 Å². The molecular weight excluding hydrogens is 218 g/mol. The van der Waals surface area contributed by atoms with Gasteiger partial charge < -0.3 is 15.4 Å². The smallest absolute Gasteiger partial charge is 0.270 e. The molecule has 0 unspecified atom stereocenters. The predicted octanol–water partition coefficient (Wildman–Crippen LogP) is 1.28. The fourth-order valence-electron chi connectivity index (χ4n) is 1.34. The van der Waals surface area contributed by atoms with Crippen molar-refractivity contribution in [2.75, 3.05) is 31.6 Å². The standard InChI is InChI=1S/C12H19N3O2/c1-3-13-10-5-6-14-11(9-10)12(16)15-7-8-17-4-2/h5-6,9H,3-4,7-8H2,1-2H3,(H,13,14)(H,15,16). The number of aromatic nitrogens is 1. The molecule has 1 rings (SSSR count). The average Bonchev–Trinajstić information content (AvgIpc) is 2.35. The summed E-state index contributed by atoms with van der Waals surface area (Å²) < 4.78 is 5.13. The molecule has 0 saturated heterocycles. The first-order valence-corrected chi connectivity index (χ1v) is 5.83. The van der Waals surface area contributed by atoms with Crippen LogP contribution in [0.3, 0.4) is 0 Å². The molecule has 0 aromatic carbocycles. The Balaban J connectivity index is 2.47. The van der Waals surface area contributed by atoms with Crippen molar-refractivity contribution in [3.05, 3.63) is 24.0 Å². The Morgan fingerprint density at radius 2 is 2.29 bits per heavy atom. The van der Waals surface area contributed by atoms with Crippen LogP contribution in [0.5, 0.6) is 0 Å². The van der Waals surface area contributed by atoms with Gasteiger partial charge in [0.25, 0.3) is 5.91 Å². The van der Waals surface area contributed by atoms with Gasteiger partial charge in [-0.25, -0.2) is 0 Å². The summed E-state index contributed by atoms with van der Waals surface area (Å²) >= 11 is 0. The van der Waals surface area contributed by atoms with E-state index in [1.54, 1.807) is 12.3 Å². The summed E-state index contributed by atoms with van der Waals surface area (Å²) in [5.74, 6) is -0.176. The Labute approximate surface area is 102 Å². The zero-order chi connectivity index (χ0) is 12.5. The Morgan fingerprint density at radius 3 is 3.00 bits per heavy atom. The average molecular weight is 237 g/mol. The molecule has 0 spiro atoms. The summed E-state index contributed by atoms with van der Waals surface area (Å²) in [5.41, 5.74) is 1.32. The summed E-state index contributed by atoms with van der Waals surface area (Å²) in [6, 6.07) is 3.57. The molecule has 2 N–H and O–H groups in total. The molecule has 1 amide bonds. The van der Waals surface area contributed by atoms with Crippen LogP contribution >= 0.6 is 0 Å². The van der Waals surface area contributed by atoms with Gasteiger partial charge in [-0.05, 0) is 26.0 Å². The first-order valence-electron chi connectivity index (χ1n) is 5.83. The number of carbonyl (C=O) groups excluding carboxylic acids is 1. The molecule has 0 saturated carbocycles. The lowest BCUT2D eigenvalue weighted by atomic mass is 10.3. The maximum absolute atomic E-state index is 11.7. The molecular formula is C12H19N3O2. The highest BCUT2D eigenvalue weighted by Crippen LogP contribution is 2.07. The van der Waals surface area contributed by atoms with E-state index >= 15 is 0 Å². The number of nitrogens with one attached hydrogen (secondary N) is 2. The van der Waals surface area contributed by atoms with Gasteiger partial charge in [0, 0.05) is 31.6 Å². The van der Waals surface area contributed by atoms with E-state index in [0.717, 1.165) is 12.2 Å². The molecule has 5 nitrogen and oxygen atoms in total. The fourth-order valence-corrected chi connectivity index (χ4v) is 1.34. The van der Waals surface area contributed by atoms with Crippen LogP contribution in [0.4, 0.5) is 5.69 Å². The summed E-state index contributed by atoms with van der Waals surface area (Å²) in [5, 5.41) is 5.88. The van der Waals surface area contributed by atoms with Crippen molar-refractivity contribution in [2.45, 2.75) is 13.8 Å². The number of nitrogens with zero attached hydrogens (tertiary/aromatic N) is 1. The van der Waals surface area contributed by atoms with Gasteiger partial charge >= 0.3 is 0 Å². The Hall–Kier alpha value is -1.62. The van der Waals surface area contributed by atoms with Crippen LogP contribution in [0.1, 0.15) is 24.3 Å². The van der Waals surface area contributed by atoms with Crippen molar-refractivity contribution >= 4 is 11.6 Å². The third-order valence-electron chi connectivity index (χ3n) is 2.11. The van der Waals surface area contributed by atoms with Gasteiger partial charge in [-0.3, -0.25) is 9.78 Å². The number of rotatable bonds is 7. The van der Waals surface area contributed by atoms with Gasteiger partial charge in [0.15, 0.2) is 0 Å². The summed E-state index contributed by atoms with van der Waals surface area (Å²) in [4.78, 5) is 15.7. The predicted molar refractivity (Wildman–Crippen MR) is 67.2 cm³/mol. The quantitative estimate of drug-likeness (QED) is 0.701. The summed E-state index contributed by atoms with van der Waals surface area (Å²) in [6.07, 6.45) is 1.62. The van der Waals surface area contributed by atoms with Crippen LogP contribution in [-0.2, 0) is 4.74 Å². The van der Waals surface area contributed by atoms with Gasteiger partial charge in [0.1, 0.15) is 5.69 Å². The maximum atomic E-state index is 11.7. The number of pyridine rings is 1. The van der Waals surface area contributed by atoms with E-state index in [1.165, 1.54) is 0 Å². The lowest BCUT2D eigenvalue weighted by Gasteiger charge is -2.07. The van der Waals surface area contributed by atoms with E-state index in [-0.39, 0.29) is 5.91 Å². The zero-order valence-corrected chi connectivity index (χ0v) is 10.3. The number of carbonyl (C=O) groups is 1. The van der Waals surface area contributed by atoms with Crippen LogP contribution in [0.2, 0.25) is 0 Å². The molecule has 0 fully saturated rings. The largest absolute Gasteiger partial charge is 0.385 e. The SMILES string of the molecule is CCNc1ccnc(C(=O)NCCOCC)c1. The van der Waals surface area contributed by atoms with E-state index in [4.69, 9.17) is 4.74 Å². The summed E-state index contributed by atoms with van der Waals surface area (Å²) in [7, 11) is 0. The van der Waals surface area contributed by atoms with Crippen molar-refractivity contribution in [1.82, 2.24) is 10.3 Å². The molecule has 0 radical (unpaired) electrons. The maximum Gasteiger partial charge on any atom is 0.270 e. The number of anilines is 1. The van der Waals surface area contributed by atoms with Crippen LogP contribution < -0.4 is 10.6 Å². The van der Waals surface area contributed by atoms with Gasteiger partial charge in [0.2, 0.25) is 0 Å². The lowest BCUT2D eigenvalue weighted by Crippen LogP contribution is -2.28. The van der Waals surface area contributed by atoms with Gasteiger partial charge in [0.05, 0.1) is 6.61 Å². The second kappa shape index (κ2) is 7.62. The van der Waals surface area contributed by atoms with Crippen molar-refractivity contribution in [3.8, 4) is 0 Å². The monoisotopic (exact) mass is 237 g/mol. The van der Waals surface area contributed by atoms with Crippen molar-refractivity contribution in [1.29, 1.82) is 0 Å². The third kappa shape index (κ3) is 4.82. The molecule has 0 aliphatic rings. The van der Waals surface area contributed by atoms with Crippen LogP contribution in [0.15, 0.2) is 18.3 Å². The Bertz CT molecular complexity index is 355. The minimum Gasteiger partial charge on any atom is -0.385 e. The Kier molecular flexibility index (Phi) is 6.03. The highest BCUT2D eigenvalue weighted by Gasteiger charge is 2.06. The van der Waals surface area contributed by atoms with Crippen LogP contribution in [0.25, 0.3) is 0 Å². The number of hydrogen-bond acceptors (Lipinski definition) is 4. The van der Waals surface area contributed by atoms with Crippen LogP contribution in [0, 0.1) is 0 Å². The third-order valence-corrected chi connectivity index (χ3v) is 2.11. The lowest BCUT2D eigenvalue weighted by molar-refractivity contribution is 0.0918. The van der Waals surface area contributed by atoms with E-state index in [2.05, 4.69) is 15.6 Å². The molecule has 17 heavy (non-hydrogen) atoms. The van der Waals surface area contributed by atoms with Crippen molar-refractivity contribution in [3.63, 3.8) is 0 Å². The van der Waals surface area contributed by atoms with E-state index in [9.17, 15) is 4.79 Å². The molecule has 0 aliphatic carbocycles. The first-order chi connectivity index (χ1) is 8.27. The van der Waals surface area contributed by atoms with Gasteiger partial charge in [-0.1, -0.05) is 0 Å². The molecule has 5 heteroatoms.